The number of carbonyl (C=O) groups is 3. The van der Waals surface area contributed by atoms with Crippen molar-refractivity contribution in [2.75, 3.05) is 57.3 Å². The van der Waals surface area contributed by atoms with Crippen LogP contribution in [0.4, 0.5) is 10.6 Å². The quantitative estimate of drug-likeness (QED) is 0.590. The van der Waals surface area contributed by atoms with Crippen LogP contribution in [0.3, 0.4) is 0 Å². The molecule has 0 radical (unpaired) electrons. The van der Waals surface area contributed by atoms with E-state index in [2.05, 4.69) is 19.9 Å². The van der Waals surface area contributed by atoms with Crippen molar-refractivity contribution < 1.29 is 29.0 Å². The minimum Gasteiger partial charge on any atom is -0.450 e. The fourth-order valence-electron chi connectivity index (χ4n) is 2.97. The number of imide groups is 1. The zero-order valence-corrected chi connectivity index (χ0v) is 16.0. The Morgan fingerprint density at radius 3 is 2.48 bits per heavy atom. The summed E-state index contributed by atoms with van der Waals surface area (Å²) >= 11 is 0. The van der Waals surface area contributed by atoms with E-state index in [0.29, 0.717) is 19.6 Å². The molecule has 9 nitrogen and oxygen atoms in total. The van der Waals surface area contributed by atoms with Crippen LogP contribution in [0, 0.1) is 0 Å². The Balaban J connectivity index is 1.78. The van der Waals surface area contributed by atoms with Crippen LogP contribution in [-0.2, 0) is 14.3 Å². The molecule has 0 spiro atoms. The third kappa shape index (κ3) is 6.52. The van der Waals surface area contributed by atoms with Crippen LogP contribution in [0.1, 0.15) is 13.8 Å². The van der Waals surface area contributed by atoms with E-state index in [4.69, 9.17) is 0 Å². The van der Waals surface area contributed by atoms with E-state index >= 15 is 0 Å². The molecule has 3 N–H and O–H groups in total. The summed E-state index contributed by atoms with van der Waals surface area (Å²) in [5, 5.41) is 2.17. The number of nitrogens with one attached hydrogen (secondary N) is 3. The molecule has 1 aromatic heterocycles. The summed E-state index contributed by atoms with van der Waals surface area (Å²) in [6, 6.07) is 5.93. The molecule has 1 aromatic rings. The average molecular weight is 379 g/mol. The van der Waals surface area contributed by atoms with Crippen molar-refractivity contribution >= 4 is 23.7 Å². The zero-order chi connectivity index (χ0) is 19.6. The Morgan fingerprint density at radius 1 is 1.15 bits per heavy atom. The van der Waals surface area contributed by atoms with Crippen LogP contribution in [0.2, 0.25) is 0 Å². The molecule has 1 aliphatic rings. The maximum atomic E-state index is 12.6. The number of ether oxygens (including phenoxy) is 1. The van der Waals surface area contributed by atoms with E-state index < -0.39 is 12.0 Å². The minimum absolute atomic E-state index is 0.0208. The van der Waals surface area contributed by atoms with Crippen LogP contribution in [0.5, 0.6) is 0 Å². The Kier molecular flexibility index (Phi) is 8.00. The van der Waals surface area contributed by atoms with Gasteiger partial charge in [0.15, 0.2) is 13.1 Å². The molecule has 1 saturated heterocycles. The van der Waals surface area contributed by atoms with Crippen molar-refractivity contribution in [3.63, 3.8) is 0 Å². The summed E-state index contributed by atoms with van der Waals surface area (Å²) in [5.74, 6) is 0.621. The van der Waals surface area contributed by atoms with Crippen LogP contribution < -0.4 is 20.1 Å². The molecule has 9 heteroatoms. The largest absolute Gasteiger partial charge is 0.450 e. The number of likely N-dealkylation sites (N-methyl/N-ethyl adjacent to an activating group) is 1. The SMILES string of the molecule is CCOC(=O)NC(=O)C[NH+](CC)CC(=O)N1CCN(c2cccc[nH+]2)CC1. The first-order valence-electron chi connectivity index (χ1n) is 9.33. The molecule has 27 heavy (non-hydrogen) atoms. The van der Waals surface area contributed by atoms with Crippen molar-refractivity contribution in [2.45, 2.75) is 13.8 Å². The van der Waals surface area contributed by atoms with Crippen LogP contribution in [-0.4, -0.2) is 75.2 Å². The summed E-state index contributed by atoms with van der Waals surface area (Å²) in [6.45, 7) is 7.49. The molecule has 2 heterocycles. The van der Waals surface area contributed by atoms with E-state index in [1.54, 1.807) is 6.92 Å². The number of aromatic amines is 1. The van der Waals surface area contributed by atoms with Crippen molar-refractivity contribution in [1.29, 1.82) is 0 Å². The second kappa shape index (κ2) is 10.5. The number of anilines is 1. The van der Waals surface area contributed by atoms with Crippen LogP contribution in [0.15, 0.2) is 24.4 Å². The second-order valence-corrected chi connectivity index (χ2v) is 6.34. The van der Waals surface area contributed by atoms with Gasteiger partial charge in [-0.15, -0.1) is 0 Å². The summed E-state index contributed by atoms with van der Waals surface area (Å²) in [7, 11) is 0. The van der Waals surface area contributed by atoms with Gasteiger partial charge in [0.2, 0.25) is 0 Å². The topological polar surface area (TPSA) is 97.5 Å². The highest BCUT2D eigenvalue weighted by atomic mass is 16.5. The highest BCUT2D eigenvalue weighted by Gasteiger charge is 2.28. The van der Waals surface area contributed by atoms with Crippen molar-refractivity contribution in [1.82, 2.24) is 10.2 Å². The standard InChI is InChI=1S/C18H27N5O4/c1-3-21(13-16(24)20-18(26)27-4-2)14-17(25)23-11-9-22(10-12-23)15-7-5-6-8-19-15/h5-8H,3-4,9-14H2,1-2H3,(H,20,24,26)/p+2. The molecule has 0 aromatic carbocycles. The maximum Gasteiger partial charge on any atom is 0.414 e. The molecule has 0 aliphatic carbocycles. The molecular formula is C18H29N5O4+2. The number of hydrogen-bond donors (Lipinski definition) is 2. The third-order valence-electron chi connectivity index (χ3n) is 4.49. The van der Waals surface area contributed by atoms with Crippen molar-refractivity contribution in [2.24, 2.45) is 0 Å². The molecule has 3 amide bonds. The Hall–Kier alpha value is -2.68. The van der Waals surface area contributed by atoms with Gasteiger partial charge in [0.1, 0.15) is 13.1 Å². The van der Waals surface area contributed by atoms with Crippen molar-refractivity contribution in [3.05, 3.63) is 24.4 Å². The monoisotopic (exact) mass is 379 g/mol. The number of amides is 3. The summed E-state index contributed by atoms with van der Waals surface area (Å²) in [5.41, 5.74) is 0. The van der Waals surface area contributed by atoms with Crippen LogP contribution in [0.25, 0.3) is 0 Å². The smallest absolute Gasteiger partial charge is 0.414 e. The van der Waals surface area contributed by atoms with Gasteiger partial charge in [0.05, 0.1) is 32.4 Å². The maximum absolute atomic E-state index is 12.6. The summed E-state index contributed by atoms with van der Waals surface area (Å²) < 4.78 is 4.69. The van der Waals surface area contributed by atoms with Gasteiger partial charge in [0.25, 0.3) is 17.6 Å². The number of aromatic nitrogens is 1. The van der Waals surface area contributed by atoms with E-state index in [-0.39, 0.29) is 25.6 Å². The number of rotatable bonds is 7. The molecule has 0 saturated carbocycles. The fraction of sp³-hybridized carbons (Fsp3) is 0.556. The Morgan fingerprint density at radius 2 is 1.89 bits per heavy atom. The number of alkyl carbamates (subject to hydrolysis) is 1. The van der Waals surface area contributed by atoms with E-state index in [1.165, 1.54) is 0 Å². The number of piperazine rings is 1. The first-order chi connectivity index (χ1) is 13.0. The van der Waals surface area contributed by atoms with Gasteiger partial charge in [-0.2, -0.15) is 0 Å². The molecule has 1 atom stereocenters. The minimum atomic E-state index is -0.752. The second-order valence-electron chi connectivity index (χ2n) is 6.34. The van der Waals surface area contributed by atoms with E-state index in [1.807, 2.05) is 36.2 Å². The molecule has 1 fully saturated rings. The molecule has 148 valence electrons. The lowest BCUT2D eigenvalue weighted by atomic mass is 10.3. The first kappa shape index (κ1) is 20.6. The first-order valence-corrected chi connectivity index (χ1v) is 9.33. The molecule has 2 rings (SSSR count). The molecular weight excluding hydrogens is 350 g/mol. The predicted molar refractivity (Wildman–Crippen MR) is 98.2 cm³/mol. The lowest BCUT2D eigenvalue weighted by Gasteiger charge is -2.31. The van der Waals surface area contributed by atoms with Gasteiger partial charge < -0.3 is 14.5 Å². The fourth-order valence-corrected chi connectivity index (χ4v) is 2.97. The summed E-state index contributed by atoms with van der Waals surface area (Å²) in [6.07, 6.45) is 1.13. The van der Waals surface area contributed by atoms with Crippen LogP contribution >= 0.6 is 0 Å². The van der Waals surface area contributed by atoms with Gasteiger partial charge in [-0.05, 0) is 19.9 Å². The zero-order valence-electron chi connectivity index (χ0n) is 16.0. The van der Waals surface area contributed by atoms with Gasteiger partial charge in [-0.1, -0.05) is 6.07 Å². The lowest BCUT2D eigenvalue weighted by Crippen LogP contribution is -3.14. The Bertz CT molecular complexity index is 632. The number of pyridine rings is 1. The average Bonchev–Trinajstić information content (AvgIpc) is 2.68. The highest BCUT2D eigenvalue weighted by Crippen LogP contribution is 2.09. The van der Waals surface area contributed by atoms with Gasteiger partial charge in [-0.3, -0.25) is 19.8 Å². The molecule has 0 bridgehead atoms. The number of quaternary nitrogens is 1. The predicted octanol–water partition coefficient (Wildman–Crippen LogP) is -1.67. The van der Waals surface area contributed by atoms with Crippen molar-refractivity contribution in [3.8, 4) is 0 Å². The lowest BCUT2D eigenvalue weighted by molar-refractivity contribution is -0.882. The highest BCUT2D eigenvalue weighted by molar-refractivity contribution is 5.92. The number of H-pyrrole nitrogens is 1. The molecule has 1 unspecified atom stereocenters. The van der Waals surface area contributed by atoms with E-state index in [0.717, 1.165) is 23.8 Å². The van der Waals surface area contributed by atoms with Gasteiger partial charge in [0, 0.05) is 6.07 Å². The van der Waals surface area contributed by atoms with E-state index in [9.17, 15) is 14.4 Å². The number of nitrogens with zero attached hydrogens (tertiary/aromatic N) is 2. The third-order valence-corrected chi connectivity index (χ3v) is 4.49. The normalized spacial score (nSPS) is 15.2. The summed E-state index contributed by atoms with van der Waals surface area (Å²) in [4.78, 5) is 43.8. The molecule has 1 aliphatic heterocycles. The number of carbonyl (C=O) groups excluding carboxylic acids is 3. The van der Waals surface area contributed by atoms with Gasteiger partial charge in [-0.25, -0.2) is 9.78 Å². The Labute approximate surface area is 159 Å². The van der Waals surface area contributed by atoms with Gasteiger partial charge >= 0.3 is 6.09 Å². The number of hydrogen-bond acceptors (Lipinski definition) is 5.